The number of ketones is 1. The molecule has 4 heteroatoms. The summed E-state index contributed by atoms with van der Waals surface area (Å²) in [5.41, 5.74) is 2.80. The first-order chi connectivity index (χ1) is 8.99. The minimum absolute atomic E-state index is 0.0348. The Balaban J connectivity index is 2.38. The number of hydrogen-bond acceptors (Lipinski definition) is 2. The topological polar surface area (TPSA) is 59.3 Å². The fourth-order valence-electron chi connectivity index (χ4n) is 2.28. The van der Waals surface area contributed by atoms with Crippen molar-refractivity contribution < 1.29 is 14.7 Å². The molecule has 0 aliphatic rings. The molecule has 0 radical (unpaired) electrons. The summed E-state index contributed by atoms with van der Waals surface area (Å²) < 4.78 is 1.97. The van der Waals surface area contributed by atoms with Crippen LogP contribution < -0.4 is 0 Å². The van der Waals surface area contributed by atoms with Crippen molar-refractivity contribution >= 4 is 22.7 Å². The molecule has 19 heavy (non-hydrogen) atoms. The zero-order valence-electron chi connectivity index (χ0n) is 11.1. The molecule has 0 spiro atoms. The summed E-state index contributed by atoms with van der Waals surface area (Å²) in [5, 5.41) is 9.62. The number of aryl methyl sites for hydroxylation is 2. The molecular formula is C15H17NO3. The molecule has 2 aromatic rings. The van der Waals surface area contributed by atoms with Crippen molar-refractivity contribution in [1.29, 1.82) is 0 Å². The molecule has 0 aliphatic carbocycles. The van der Waals surface area contributed by atoms with Crippen LogP contribution in [0.15, 0.2) is 24.4 Å². The normalized spacial score (nSPS) is 10.8. The Bertz CT molecular complexity index is 640. The molecule has 1 N–H and O–H groups in total. The highest BCUT2D eigenvalue weighted by molar-refractivity contribution is 6.07. The van der Waals surface area contributed by atoms with E-state index in [1.807, 2.05) is 35.9 Å². The fraction of sp³-hybridized carbons (Fsp3) is 0.333. The van der Waals surface area contributed by atoms with Crippen LogP contribution in [0.2, 0.25) is 0 Å². The molecule has 2 rings (SSSR count). The predicted molar refractivity (Wildman–Crippen MR) is 73.5 cm³/mol. The third kappa shape index (κ3) is 2.84. The van der Waals surface area contributed by atoms with Crippen molar-refractivity contribution in [3.63, 3.8) is 0 Å². The lowest BCUT2D eigenvalue weighted by Crippen LogP contribution is -2.01. The summed E-state index contributed by atoms with van der Waals surface area (Å²) in [6.07, 6.45) is 2.53. The third-order valence-corrected chi connectivity index (χ3v) is 3.21. The molecule has 0 saturated carbocycles. The highest BCUT2D eigenvalue weighted by atomic mass is 16.4. The van der Waals surface area contributed by atoms with Crippen LogP contribution in [0.25, 0.3) is 10.9 Å². The zero-order valence-corrected chi connectivity index (χ0v) is 11.1. The fourth-order valence-corrected chi connectivity index (χ4v) is 2.28. The number of carboxylic acid groups (broad SMARTS) is 1. The molecule has 0 unspecified atom stereocenters. The number of aliphatic carboxylic acids is 1. The van der Waals surface area contributed by atoms with Gasteiger partial charge in [0, 0.05) is 35.6 Å². The van der Waals surface area contributed by atoms with Crippen LogP contribution in [0.3, 0.4) is 0 Å². The van der Waals surface area contributed by atoms with Crippen LogP contribution >= 0.6 is 0 Å². The molecule has 0 aliphatic heterocycles. The average Bonchev–Trinajstić information content (AvgIpc) is 2.67. The maximum atomic E-state index is 11.7. The molecule has 0 bridgehead atoms. The smallest absolute Gasteiger partial charge is 0.303 e. The van der Waals surface area contributed by atoms with Crippen molar-refractivity contribution in [1.82, 2.24) is 4.57 Å². The van der Waals surface area contributed by atoms with Gasteiger partial charge in [-0.3, -0.25) is 9.59 Å². The lowest BCUT2D eigenvalue weighted by atomic mass is 10.1. The molecule has 1 heterocycles. The number of carbonyl (C=O) groups excluding carboxylic acids is 1. The minimum Gasteiger partial charge on any atom is -0.481 e. The SMILES string of the molecule is CC(=O)c1cn(CCCC(=O)O)c2ccc(C)cc12. The van der Waals surface area contributed by atoms with E-state index in [1.54, 1.807) is 6.92 Å². The van der Waals surface area contributed by atoms with Crippen LogP contribution in [0.5, 0.6) is 0 Å². The zero-order chi connectivity index (χ0) is 14.0. The van der Waals surface area contributed by atoms with Gasteiger partial charge in [-0.25, -0.2) is 0 Å². The molecule has 0 amide bonds. The monoisotopic (exact) mass is 259 g/mol. The van der Waals surface area contributed by atoms with E-state index in [1.165, 1.54) is 0 Å². The number of rotatable bonds is 5. The second-order valence-corrected chi connectivity index (χ2v) is 4.81. The van der Waals surface area contributed by atoms with E-state index in [9.17, 15) is 9.59 Å². The van der Waals surface area contributed by atoms with Gasteiger partial charge in [-0.15, -0.1) is 0 Å². The summed E-state index contributed by atoms with van der Waals surface area (Å²) in [4.78, 5) is 22.2. The quantitative estimate of drug-likeness (QED) is 0.840. The number of carbonyl (C=O) groups is 2. The maximum Gasteiger partial charge on any atom is 0.303 e. The van der Waals surface area contributed by atoms with Crippen LogP contribution in [-0.4, -0.2) is 21.4 Å². The second kappa shape index (κ2) is 5.26. The Kier molecular flexibility index (Phi) is 3.69. The summed E-state index contributed by atoms with van der Waals surface area (Å²) in [6.45, 7) is 4.16. The first-order valence-corrected chi connectivity index (χ1v) is 6.31. The summed E-state index contributed by atoms with van der Waals surface area (Å²) >= 11 is 0. The Morgan fingerprint density at radius 1 is 1.32 bits per heavy atom. The van der Waals surface area contributed by atoms with E-state index in [-0.39, 0.29) is 12.2 Å². The van der Waals surface area contributed by atoms with Gasteiger partial charge in [0.25, 0.3) is 0 Å². The van der Waals surface area contributed by atoms with Crippen LogP contribution in [0.4, 0.5) is 0 Å². The third-order valence-electron chi connectivity index (χ3n) is 3.21. The Hall–Kier alpha value is -2.10. The Morgan fingerprint density at radius 2 is 2.05 bits per heavy atom. The number of carboxylic acids is 1. The molecule has 0 fully saturated rings. The van der Waals surface area contributed by atoms with Crippen LogP contribution in [0.1, 0.15) is 35.7 Å². The van der Waals surface area contributed by atoms with Gasteiger partial charge in [-0.1, -0.05) is 11.6 Å². The van der Waals surface area contributed by atoms with Crippen molar-refractivity contribution in [3.8, 4) is 0 Å². The van der Waals surface area contributed by atoms with Crippen molar-refractivity contribution in [2.24, 2.45) is 0 Å². The number of Topliss-reactive ketones (excluding diaryl/α,β-unsaturated/α-hetero) is 1. The number of aromatic nitrogens is 1. The van der Waals surface area contributed by atoms with Gasteiger partial charge < -0.3 is 9.67 Å². The Labute approximate surface area is 111 Å². The largest absolute Gasteiger partial charge is 0.481 e. The maximum absolute atomic E-state index is 11.7. The van der Waals surface area contributed by atoms with Crippen molar-refractivity contribution in [3.05, 3.63) is 35.5 Å². The molecule has 0 saturated heterocycles. The first kappa shape index (κ1) is 13.3. The van der Waals surface area contributed by atoms with Gasteiger partial charge in [0.1, 0.15) is 0 Å². The van der Waals surface area contributed by atoms with Gasteiger partial charge in [0.15, 0.2) is 5.78 Å². The summed E-state index contributed by atoms with van der Waals surface area (Å²) in [7, 11) is 0. The van der Waals surface area contributed by atoms with E-state index < -0.39 is 5.97 Å². The van der Waals surface area contributed by atoms with Crippen LogP contribution in [-0.2, 0) is 11.3 Å². The molecular weight excluding hydrogens is 242 g/mol. The van der Waals surface area contributed by atoms with E-state index in [4.69, 9.17) is 5.11 Å². The average molecular weight is 259 g/mol. The van der Waals surface area contributed by atoms with E-state index in [0.29, 0.717) is 18.5 Å². The lowest BCUT2D eigenvalue weighted by Gasteiger charge is -2.04. The number of nitrogens with zero attached hydrogens (tertiary/aromatic N) is 1. The number of hydrogen-bond donors (Lipinski definition) is 1. The molecule has 4 nitrogen and oxygen atoms in total. The molecule has 0 atom stereocenters. The molecule has 100 valence electrons. The number of benzene rings is 1. The van der Waals surface area contributed by atoms with Gasteiger partial charge in [-0.05, 0) is 32.4 Å². The van der Waals surface area contributed by atoms with Gasteiger partial charge >= 0.3 is 5.97 Å². The predicted octanol–water partition coefficient (Wildman–Crippen LogP) is 3.02. The minimum atomic E-state index is -0.793. The van der Waals surface area contributed by atoms with Crippen LogP contribution in [0, 0.1) is 6.92 Å². The summed E-state index contributed by atoms with van der Waals surface area (Å²) in [6, 6.07) is 5.98. The molecule has 1 aromatic carbocycles. The lowest BCUT2D eigenvalue weighted by molar-refractivity contribution is -0.137. The van der Waals surface area contributed by atoms with E-state index in [0.717, 1.165) is 16.5 Å². The highest BCUT2D eigenvalue weighted by Crippen LogP contribution is 2.23. The first-order valence-electron chi connectivity index (χ1n) is 6.31. The standard InChI is InChI=1S/C15H17NO3/c1-10-5-6-14-12(8-10)13(11(2)17)9-16(14)7-3-4-15(18)19/h5-6,8-9H,3-4,7H2,1-2H3,(H,18,19). The summed E-state index contributed by atoms with van der Waals surface area (Å²) in [5.74, 6) is -0.758. The van der Waals surface area contributed by atoms with Gasteiger partial charge in [0.2, 0.25) is 0 Å². The Morgan fingerprint density at radius 3 is 2.68 bits per heavy atom. The van der Waals surface area contributed by atoms with Crippen molar-refractivity contribution in [2.45, 2.75) is 33.2 Å². The number of fused-ring (bicyclic) bond motifs is 1. The van der Waals surface area contributed by atoms with E-state index >= 15 is 0 Å². The molecule has 1 aromatic heterocycles. The second-order valence-electron chi connectivity index (χ2n) is 4.81. The van der Waals surface area contributed by atoms with Gasteiger partial charge in [0.05, 0.1) is 0 Å². The van der Waals surface area contributed by atoms with Gasteiger partial charge in [-0.2, -0.15) is 0 Å². The van der Waals surface area contributed by atoms with E-state index in [2.05, 4.69) is 0 Å². The highest BCUT2D eigenvalue weighted by Gasteiger charge is 2.12. The van der Waals surface area contributed by atoms with Crippen molar-refractivity contribution in [2.75, 3.05) is 0 Å².